The average molecular weight is 845 g/mol. The third-order valence-electron chi connectivity index (χ3n) is 11.1. The Morgan fingerprint density at radius 2 is 0.880 bits per heavy atom. The van der Waals surface area contributed by atoms with Crippen molar-refractivity contribution >= 4 is 18.1 Å². The number of allylic oxidation sites excluding steroid dienone is 2. The first-order valence-corrected chi connectivity index (χ1v) is 32.6. The summed E-state index contributed by atoms with van der Waals surface area (Å²) in [7, 11) is 0. The number of hydrogen-bond donors (Lipinski definition) is 0. The van der Waals surface area contributed by atoms with Crippen molar-refractivity contribution in [2.45, 2.75) is 103 Å². The number of rotatable bonds is 9. The summed E-state index contributed by atoms with van der Waals surface area (Å²) < 4.78 is 1.22. The van der Waals surface area contributed by atoms with Crippen molar-refractivity contribution in [3.8, 4) is 22.3 Å². The van der Waals surface area contributed by atoms with Crippen LogP contribution in [0.15, 0.2) is 96.1 Å². The van der Waals surface area contributed by atoms with E-state index in [1.165, 1.54) is 44.5 Å². The van der Waals surface area contributed by atoms with Gasteiger partial charge in [-0.3, -0.25) is 0 Å². The van der Waals surface area contributed by atoms with Crippen LogP contribution in [0.5, 0.6) is 0 Å². The van der Waals surface area contributed by atoms with E-state index in [2.05, 4.69) is 179 Å². The van der Waals surface area contributed by atoms with Gasteiger partial charge in [0.2, 0.25) is 0 Å². The van der Waals surface area contributed by atoms with Crippen molar-refractivity contribution in [1.29, 1.82) is 0 Å². The van der Waals surface area contributed by atoms with Gasteiger partial charge in [0.1, 0.15) is 0 Å². The molecule has 50 heavy (non-hydrogen) atoms. The van der Waals surface area contributed by atoms with Gasteiger partial charge in [-0.2, -0.15) is 0 Å². The van der Waals surface area contributed by atoms with Gasteiger partial charge in [0.15, 0.2) is 0 Å². The van der Waals surface area contributed by atoms with E-state index in [-0.39, 0.29) is 10.8 Å². The minimum atomic E-state index is -2.59. The topological polar surface area (TPSA) is 0 Å². The van der Waals surface area contributed by atoms with Crippen LogP contribution in [0, 0.1) is 22.7 Å². The Balaban J connectivity index is 1.57. The van der Waals surface area contributed by atoms with Crippen LogP contribution in [0.4, 0.5) is 0 Å². The quantitative estimate of drug-likeness (QED) is 0.147. The molecule has 2 aliphatic rings. The van der Waals surface area contributed by atoms with E-state index in [9.17, 15) is 0 Å². The zero-order valence-electron chi connectivity index (χ0n) is 33.0. The SMILES string of the molecule is CC(C)Cc1ccccc1-c1cccc2c1C=C(C(C)(C)C)[CH]2[Hf]([CH]1C(C(C)(C)C)=Cc2c(-c3ccccc3CC(C)C)cccc21)[SiH](C)C. The zero-order valence-corrected chi connectivity index (χ0v) is 37.8. The standard InChI is InChI=1S/2C23H27.C2H7Si.Hf/c2*1-16(2)13-17-9-6-7-11-20(17)21-12-8-10-18-14-19(15-22(18)21)23(3,4)5;1-3-2;/h2*6-12,14-16H,13H2,1-5H3;3H,1-2H3;. The molecule has 0 radical (unpaired) electrons. The van der Waals surface area contributed by atoms with E-state index >= 15 is 0 Å². The molecular formula is C48H61HfSi. The number of fused-ring (bicyclic) bond motifs is 2. The third-order valence-corrected chi connectivity index (χ3v) is 41.5. The summed E-state index contributed by atoms with van der Waals surface area (Å²) in [6.45, 7) is 29.8. The summed E-state index contributed by atoms with van der Waals surface area (Å²) in [5, 5.41) is 0. The molecule has 0 aromatic heterocycles. The first-order valence-electron chi connectivity index (χ1n) is 19.3. The summed E-state index contributed by atoms with van der Waals surface area (Å²) in [6, 6.07) is 33.2. The van der Waals surface area contributed by atoms with Gasteiger partial charge in [0, 0.05) is 0 Å². The van der Waals surface area contributed by atoms with E-state index in [1.807, 2.05) is 0 Å². The molecule has 6 rings (SSSR count). The molecule has 0 aliphatic heterocycles. The van der Waals surface area contributed by atoms with Crippen molar-refractivity contribution in [1.82, 2.24) is 0 Å². The Kier molecular flexibility index (Phi) is 10.8. The Labute approximate surface area is 313 Å². The zero-order chi connectivity index (χ0) is 36.1. The molecule has 0 heterocycles. The second kappa shape index (κ2) is 14.5. The molecule has 2 aliphatic carbocycles. The van der Waals surface area contributed by atoms with Crippen LogP contribution < -0.4 is 0 Å². The molecule has 2 heteroatoms. The Morgan fingerprint density at radius 3 is 1.22 bits per heavy atom. The van der Waals surface area contributed by atoms with E-state index < -0.39 is 26.6 Å². The fraction of sp³-hybridized carbons (Fsp3) is 0.417. The van der Waals surface area contributed by atoms with Crippen LogP contribution in [-0.4, -0.2) is 5.98 Å². The van der Waals surface area contributed by atoms with Crippen molar-refractivity contribution in [3.63, 3.8) is 0 Å². The third kappa shape index (κ3) is 7.23. The number of benzene rings is 4. The Bertz CT molecular complexity index is 1790. The molecule has 0 N–H and O–H groups in total. The van der Waals surface area contributed by atoms with Gasteiger partial charge in [-0.05, 0) is 0 Å². The molecule has 0 saturated heterocycles. The van der Waals surface area contributed by atoms with E-state index in [0.29, 0.717) is 19.2 Å². The molecule has 0 amide bonds. The second-order valence-electron chi connectivity index (χ2n) is 18.3. The summed E-state index contributed by atoms with van der Waals surface area (Å²) in [5.74, 6) is 0.216. The summed E-state index contributed by atoms with van der Waals surface area (Å²) >= 11 is -2.59. The molecule has 4 aromatic carbocycles. The molecule has 0 bridgehead atoms. The van der Waals surface area contributed by atoms with E-state index in [1.54, 1.807) is 22.3 Å². The maximum atomic E-state index is 2.72. The van der Waals surface area contributed by atoms with Crippen LogP contribution in [0.2, 0.25) is 13.1 Å². The molecule has 0 nitrogen and oxygen atoms in total. The summed E-state index contributed by atoms with van der Waals surface area (Å²) in [5.41, 5.74) is 18.7. The van der Waals surface area contributed by atoms with Crippen molar-refractivity contribution in [2.75, 3.05) is 0 Å². The normalized spacial score (nSPS) is 17.3. The van der Waals surface area contributed by atoms with Crippen molar-refractivity contribution in [3.05, 3.63) is 129 Å². The average Bonchev–Trinajstić information content (AvgIpc) is 3.62. The summed E-state index contributed by atoms with van der Waals surface area (Å²) in [6.07, 6.45) is 7.61. The minimum absolute atomic E-state index is 0.113. The second-order valence-corrected chi connectivity index (χ2v) is 46.3. The molecule has 261 valence electrons. The van der Waals surface area contributed by atoms with Gasteiger partial charge in [-0.1, -0.05) is 0 Å². The van der Waals surface area contributed by atoms with Gasteiger partial charge < -0.3 is 0 Å². The summed E-state index contributed by atoms with van der Waals surface area (Å²) in [4.78, 5) is 0. The molecule has 2 atom stereocenters. The molecule has 2 unspecified atom stereocenters. The first kappa shape index (κ1) is 37.2. The Hall–Kier alpha value is -2.55. The van der Waals surface area contributed by atoms with E-state index in [0.717, 1.165) is 12.8 Å². The molecule has 4 aromatic rings. The van der Waals surface area contributed by atoms with Crippen LogP contribution in [-0.2, 0) is 33.4 Å². The fourth-order valence-electron chi connectivity index (χ4n) is 8.93. The first-order chi connectivity index (χ1) is 23.6. The predicted octanol–water partition coefficient (Wildman–Crippen LogP) is 13.7. The molecule has 0 spiro atoms. The van der Waals surface area contributed by atoms with Crippen molar-refractivity contribution < 1.29 is 20.6 Å². The number of hydrogen-bond acceptors (Lipinski definition) is 0. The van der Waals surface area contributed by atoms with Gasteiger partial charge in [-0.15, -0.1) is 0 Å². The van der Waals surface area contributed by atoms with Crippen molar-refractivity contribution in [2.24, 2.45) is 22.7 Å². The predicted molar refractivity (Wildman–Crippen MR) is 220 cm³/mol. The molecular weight excluding hydrogens is 783 g/mol. The molecule has 0 fully saturated rings. The van der Waals surface area contributed by atoms with Gasteiger partial charge in [0.25, 0.3) is 0 Å². The van der Waals surface area contributed by atoms with Gasteiger partial charge in [0.05, 0.1) is 0 Å². The Morgan fingerprint density at radius 1 is 0.520 bits per heavy atom. The monoisotopic (exact) mass is 845 g/mol. The van der Waals surface area contributed by atoms with Crippen LogP contribution in [0.25, 0.3) is 34.4 Å². The maximum absolute atomic E-state index is 2.72. The van der Waals surface area contributed by atoms with E-state index in [4.69, 9.17) is 0 Å². The van der Waals surface area contributed by atoms with Gasteiger partial charge >= 0.3 is 316 Å². The van der Waals surface area contributed by atoms with Crippen LogP contribution >= 0.6 is 0 Å². The van der Waals surface area contributed by atoms with Crippen LogP contribution in [0.3, 0.4) is 0 Å². The van der Waals surface area contributed by atoms with Gasteiger partial charge in [-0.25, -0.2) is 0 Å². The fourth-order valence-corrected chi connectivity index (χ4v) is 42.4. The van der Waals surface area contributed by atoms with Crippen LogP contribution in [0.1, 0.15) is 110 Å². The molecule has 0 saturated carbocycles.